The number of unbranched alkanes of at least 4 members (excludes halogenated alkanes) is 42. The van der Waals surface area contributed by atoms with Gasteiger partial charge in [-0.05, 0) is 109 Å². The van der Waals surface area contributed by atoms with Crippen LogP contribution in [0, 0.1) is 0 Å². The molecule has 0 rings (SSSR count). The molecule has 0 saturated heterocycles. The number of carbonyl (C=O) groups is 3. The minimum atomic E-state index is -1.63. The Labute approximate surface area is 612 Å². The van der Waals surface area contributed by atoms with Gasteiger partial charge in [-0.25, -0.2) is 0 Å². The molecule has 0 amide bonds. The van der Waals surface area contributed by atoms with Gasteiger partial charge < -0.3 is 33.3 Å². The van der Waals surface area contributed by atoms with Crippen molar-refractivity contribution in [2.45, 2.75) is 386 Å². The fraction of sp³-hybridized carbons (Fsp3) is 0.744. The zero-order valence-corrected chi connectivity index (χ0v) is 65.3. The Balaban J connectivity index is 3.99. The first-order valence-corrected chi connectivity index (χ1v) is 41.7. The molecule has 2 atom stereocenters. The SMILES string of the molecule is CC/C=C\C/C=C\C/C=C\C/C=C\C/C=C\C/C=C\C/C=C\CCCCCCCCCCCCCC(=O)OC(COC(=O)CCCCCCCCCCCCCCCCCCCCCCCCCCCC/C=C\C/C=C\C/C=C\CCCCCCC)COC(OCC[N+](C)(C)C)C(=O)[O-]. The van der Waals surface area contributed by atoms with Crippen LogP contribution in [0.5, 0.6) is 0 Å². The number of carboxylic acids is 1. The summed E-state index contributed by atoms with van der Waals surface area (Å²) >= 11 is 0. The number of quaternary nitrogens is 1. The smallest absolute Gasteiger partial charge is 0.306 e. The molecule has 0 N–H and O–H groups in total. The first-order chi connectivity index (χ1) is 48.6. The van der Waals surface area contributed by atoms with Crippen molar-refractivity contribution in [2.75, 3.05) is 47.5 Å². The van der Waals surface area contributed by atoms with E-state index in [0.717, 1.165) is 103 Å². The van der Waals surface area contributed by atoms with Gasteiger partial charge in [0.05, 0.1) is 40.3 Å². The summed E-state index contributed by atoms with van der Waals surface area (Å²) in [5.41, 5.74) is 0. The summed E-state index contributed by atoms with van der Waals surface area (Å²) in [7, 11) is 5.94. The lowest BCUT2D eigenvalue weighted by Crippen LogP contribution is -2.44. The highest BCUT2D eigenvalue weighted by atomic mass is 16.7. The van der Waals surface area contributed by atoms with Crippen molar-refractivity contribution in [1.82, 2.24) is 0 Å². The summed E-state index contributed by atoms with van der Waals surface area (Å²) in [5, 5.41) is 11.9. The summed E-state index contributed by atoms with van der Waals surface area (Å²) in [6.45, 7) is 4.65. The minimum Gasteiger partial charge on any atom is -0.545 e. The van der Waals surface area contributed by atoms with E-state index in [1.165, 1.54) is 238 Å². The molecule has 0 aliphatic rings. The van der Waals surface area contributed by atoms with Crippen LogP contribution in [-0.4, -0.2) is 82.3 Å². The van der Waals surface area contributed by atoms with Crippen molar-refractivity contribution in [2.24, 2.45) is 0 Å². The van der Waals surface area contributed by atoms with E-state index in [4.69, 9.17) is 18.9 Å². The van der Waals surface area contributed by atoms with Gasteiger partial charge in [0.1, 0.15) is 13.2 Å². The predicted octanol–water partition coefficient (Wildman–Crippen LogP) is 25.7. The van der Waals surface area contributed by atoms with E-state index < -0.39 is 24.3 Å². The highest BCUT2D eigenvalue weighted by Crippen LogP contribution is 2.19. The van der Waals surface area contributed by atoms with E-state index >= 15 is 0 Å². The van der Waals surface area contributed by atoms with Gasteiger partial charge in [0.15, 0.2) is 12.4 Å². The quantitative estimate of drug-likeness (QED) is 0.0195. The number of likely N-dealkylation sites (N-methyl/N-ethyl adjacent to an activating group) is 1. The van der Waals surface area contributed by atoms with Crippen LogP contribution < -0.4 is 5.11 Å². The second-order valence-electron chi connectivity index (χ2n) is 29.0. The maximum Gasteiger partial charge on any atom is 0.306 e. The topological polar surface area (TPSA) is 111 Å². The largest absolute Gasteiger partial charge is 0.545 e. The van der Waals surface area contributed by atoms with Gasteiger partial charge in [0.2, 0.25) is 0 Å². The van der Waals surface area contributed by atoms with Crippen molar-refractivity contribution < 1.29 is 42.9 Å². The Morgan fingerprint density at radius 1 is 0.313 bits per heavy atom. The normalized spacial score (nSPS) is 13.3. The summed E-state index contributed by atoms with van der Waals surface area (Å²) in [5.74, 6) is -2.27. The van der Waals surface area contributed by atoms with Crippen molar-refractivity contribution >= 4 is 17.9 Å². The Hall–Kier alpha value is -4.31. The molecule has 0 aromatic rings. The number of ether oxygens (including phenoxy) is 4. The molecular formula is C90H157NO8. The van der Waals surface area contributed by atoms with Gasteiger partial charge in [-0.2, -0.15) is 0 Å². The van der Waals surface area contributed by atoms with E-state index in [2.05, 4.69) is 135 Å². The molecule has 0 bridgehead atoms. The van der Waals surface area contributed by atoms with Crippen LogP contribution in [0.2, 0.25) is 0 Å². The zero-order chi connectivity index (χ0) is 71.8. The third-order valence-corrected chi connectivity index (χ3v) is 18.2. The number of esters is 2. The third-order valence-electron chi connectivity index (χ3n) is 18.2. The highest BCUT2D eigenvalue weighted by molar-refractivity contribution is 5.70. The number of carboxylic acid groups (broad SMARTS) is 1. The van der Waals surface area contributed by atoms with Crippen LogP contribution in [0.25, 0.3) is 0 Å². The molecule has 9 nitrogen and oxygen atoms in total. The summed E-state index contributed by atoms with van der Waals surface area (Å²) in [6, 6.07) is 0. The van der Waals surface area contributed by atoms with Crippen molar-refractivity contribution in [1.29, 1.82) is 0 Å². The lowest BCUT2D eigenvalue weighted by atomic mass is 10.0. The molecule has 0 spiro atoms. The Bertz CT molecular complexity index is 2050. The van der Waals surface area contributed by atoms with E-state index in [1.54, 1.807) is 0 Å². The van der Waals surface area contributed by atoms with E-state index in [-0.39, 0.29) is 32.2 Å². The van der Waals surface area contributed by atoms with Gasteiger partial charge in [0, 0.05) is 12.8 Å². The van der Waals surface area contributed by atoms with Gasteiger partial charge in [-0.1, -0.05) is 373 Å². The van der Waals surface area contributed by atoms with Crippen LogP contribution in [0.1, 0.15) is 373 Å². The molecule has 0 saturated carbocycles. The average molecular weight is 1380 g/mol. The molecule has 99 heavy (non-hydrogen) atoms. The number of rotatable bonds is 77. The lowest BCUT2D eigenvalue weighted by Gasteiger charge is -2.26. The molecule has 0 aliphatic carbocycles. The second kappa shape index (κ2) is 79.4. The molecule has 0 radical (unpaired) electrons. The Morgan fingerprint density at radius 3 is 0.859 bits per heavy atom. The maximum atomic E-state index is 13.0. The van der Waals surface area contributed by atoms with E-state index in [0.29, 0.717) is 23.9 Å². The molecule has 2 unspecified atom stereocenters. The van der Waals surface area contributed by atoms with Crippen LogP contribution in [0.4, 0.5) is 0 Å². The number of hydrogen-bond donors (Lipinski definition) is 0. The summed E-state index contributed by atoms with van der Waals surface area (Å²) in [6.07, 6.45) is 110. The number of carbonyl (C=O) groups excluding carboxylic acids is 3. The van der Waals surface area contributed by atoms with Gasteiger partial charge >= 0.3 is 11.9 Å². The van der Waals surface area contributed by atoms with Crippen molar-refractivity contribution in [3.05, 3.63) is 122 Å². The molecule has 0 aliphatic heterocycles. The van der Waals surface area contributed by atoms with Gasteiger partial charge in [-0.15, -0.1) is 0 Å². The fourth-order valence-electron chi connectivity index (χ4n) is 11.9. The zero-order valence-electron chi connectivity index (χ0n) is 65.3. The summed E-state index contributed by atoms with van der Waals surface area (Å²) < 4.78 is 22.9. The van der Waals surface area contributed by atoms with Crippen LogP contribution in [-0.2, 0) is 33.3 Å². The highest BCUT2D eigenvalue weighted by Gasteiger charge is 2.22. The van der Waals surface area contributed by atoms with Gasteiger partial charge in [-0.3, -0.25) is 9.59 Å². The first kappa shape index (κ1) is 94.7. The Morgan fingerprint density at radius 2 is 0.576 bits per heavy atom. The maximum absolute atomic E-state index is 13.0. The Kier molecular flexibility index (Phi) is 75.9. The standard InChI is InChI=1S/C90H157NO8/c1-6-8-10-12-14-16-18-20-22-24-26-28-30-32-34-36-38-40-41-42-43-44-45-46-47-49-50-52-54-56-58-60-62-64-66-68-70-72-74-76-78-80-87(92)97-84-86(85-98-90(89(94)95)96-83-82-91(3,4)5)99-88(93)81-79-77-75-73-71-69-67-65-63-61-59-57-55-53-51-48-39-37-35-33-31-29-27-25-23-21-19-17-15-13-11-9-7-2/h9,11,15,17-18,20-21,23-24,26-27,29-30,32-33,35,39,48,53,55,86,90H,6-8,10,12-14,16,19,22,25,28,31,34,36-38,40-47,49-52,54,56-85H2,1-5H3/b11-9-,17-15-,20-18-,23-21-,26-24-,29-27-,32-30-,35-33-,48-39-,55-53-. The molecule has 0 fully saturated rings. The predicted molar refractivity (Wildman–Crippen MR) is 426 cm³/mol. The van der Waals surface area contributed by atoms with E-state index in [9.17, 15) is 19.5 Å². The second-order valence-corrected chi connectivity index (χ2v) is 29.0. The van der Waals surface area contributed by atoms with Crippen LogP contribution >= 0.6 is 0 Å². The van der Waals surface area contributed by atoms with Gasteiger partial charge in [0.25, 0.3) is 0 Å². The lowest BCUT2D eigenvalue weighted by molar-refractivity contribution is -0.870. The molecule has 0 aromatic carbocycles. The number of hydrogen-bond acceptors (Lipinski definition) is 8. The average Bonchev–Trinajstić information content (AvgIpc) is 1.57. The number of allylic oxidation sites excluding steroid dienone is 20. The third kappa shape index (κ3) is 80.9. The van der Waals surface area contributed by atoms with E-state index in [1.807, 2.05) is 21.1 Å². The fourth-order valence-corrected chi connectivity index (χ4v) is 11.9. The molecule has 0 heterocycles. The summed E-state index contributed by atoms with van der Waals surface area (Å²) in [4.78, 5) is 37.6. The monoisotopic (exact) mass is 1380 g/mol. The number of aliphatic carboxylic acids is 1. The molecule has 0 aromatic heterocycles. The molecule has 570 valence electrons. The minimum absolute atomic E-state index is 0.144. The number of nitrogens with zero attached hydrogens (tertiary/aromatic N) is 1. The van der Waals surface area contributed by atoms with Crippen molar-refractivity contribution in [3.8, 4) is 0 Å². The van der Waals surface area contributed by atoms with Crippen LogP contribution in [0.3, 0.4) is 0 Å². The molecular weight excluding hydrogens is 1220 g/mol. The van der Waals surface area contributed by atoms with Crippen LogP contribution in [0.15, 0.2) is 122 Å². The molecule has 9 heteroatoms. The van der Waals surface area contributed by atoms with Crippen molar-refractivity contribution in [3.63, 3.8) is 0 Å². The first-order valence-electron chi connectivity index (χ1n) is 41.7.